The Hall–Kier alpha value is -1.30. The van der Waals surface area contributed by atoms with Gasteiger partial charge in [-0.1, -0.05) is 0 Å². The van der Waals surface area contributed by atoms with Gasteiger partial charge in [0.2, 0.25) is 0 Å². The van der Waals surface area contributed by atoms with Crippen molar-refractivity contribution < 1.29 is 19.4 Å². The Labute approximate surface area is 113 Å². The van der Waals surface area contributed by atoms with E-state index in [2.05, 4.69) is 10.6 Å². The molecular formula is C13H24N2O4. The van der Waals surface area contributed by atoms with Crippen molar-refractivity contribution >= 4 is 12.1 Å². The molecule has 6 heteroatoms. The third-order valence-electron chi connectivity index (χ3n) is 3.00. The summed E-state index contributed by atoms with van der Waals surface area (Å²) in [5.74, 6) is -0.774. The molecule has 0 spiro atoms. The Bertz CT molecular complexity index is 319. The molecule has 1 heterocycles. The van der Waals surface area contributed by atoms with Crippen LogP contribution in [0.15, 0.2) is 0 Å². The van der Waals surface area contributed by atoms with Gasteiger partial charge in [0.25, 0.3) is 0 Å². The van der Waals surface area contributed by atoms with Gasteiger partial charge in [-0.25, -0.2) is 4.79 Å². The van der Waals surface area contributed by atoms with Crippen LogP contribution in [0.4, 0.5) is 4.79 Å². The Kier molecular flexibility index (Phi) is 5.60. The molecule has 1 aliphatic rings. The second-order valence-corrected chi connectivity index (χ2v) is 5.96. The van der Waals surface area contributed by atoms with Crippen molar-refractivity contribution in [1.82, 2.24) is 10.6 Å². The van der Waals surface area contributed by atoms with Crippen molar-refractivity contribution in [1.29, 1.82) is 0 Å². The average Bonchev–Trinajstić information content (AvgIpc) is 2.26. The Morgan fingerprint density at radius 1 is 1.47 bits per heavy atom. The van der Waals surface area contributed by atoms with E-state index in [1.807, 2.05) is 0 Å². The number of carbonyl (C=O) groups is 2. The summed E-state index contributed by atoms with van der Waals surface area (Å²) in [4.78, 5) is 22.7. The molecule has 110 valence electrons. The van der Waals surface area contributed by atoms with Crippen LogP contribution >= 0.6 is 0 Å². The molecule has 1 saturated heterocycles. The predicted molar refractivity (Wildman–Crippen MR) is 71.0 cm³/mol. The lowest BCUT2D eigenvalue weighted by molar-refractivity contribution is -0.137. The van der Waals surface area contributed by atoms with E-state index < -0.39 is 17.7 Å². The highest BCUT2D eigenvalue weighted by molar-refractivity contribution is 5.71. The number of rotatable bonds is 4. The van der Waals surface area contributed by atoms with Crippen LogP contribution in [0, 0.1) is 5.92 Å². The molecule has 1 fully saturated rings. The van der Waals surface area contributed by atoms with Crippen molar-refractivity contribution in [3.63, 3.8) is 0 Å². The summed E-state index contributed by atoms with van der Waals surface area (Å²) >= 11 is 0. The molecule has 19 heavy (non-hydrogen) atoms. The number of hydrogen-bond acceptors (Lipinski definition) is 4. The molecule has 0 saturated carbocycles. The third kappa shape index (κ3) is 6.42. The SMILES string of the molecule is CC(C)(C)OC(=O)NC(CC(=O)O)C1CCCNC1. The van der Waals surface area contributed by atoms with Gasteiger partial charge in [-0.2, -0.15) is 0 Å². The van der Waals surface area contributed by atoms with Crippen LogP contribution in [0.2, 0.25) is 0 Å². The molecule has 0 radical (unpaired) electrons. The Morgan fingerprint density at radius 3 is 2.63 bits per heavy atom. The highest BCUT2D eigenvalue weighted by Gasteiger charge is 2.28. The van der Waals surface area contributed by atoms with Crippen LogP contribution in [0.3, 0.4) is 0 Å². The van der Waals surface area contributed by atoms with Crippen LogP contribution < -0.4 is 10.6 Å². The minimum Gasteiger partial charge on any atom is -0.481 e. The van der Waals surface area contributed by atoms with Gasteiger partial charge in [-0.15, -0.1) is 0 Å². The summed E-state index contributed by atoms with van der Waals surface area (Å²) in [6.45, 7) is 7.01. The second kappa shape index (κ2) is 6.75. The molecule has 3 N–H and O–H groups in total. The van der Waals surface area contributed by atoms with Crippen LogP contribution in [0.25, 0.3) is 0 Å². The lowest BCUT2D eigenvalue weighted by Crippen LogP contribution is -2.48. The first-order chi connectivity index (χ1) is 8.78. The first-order valence-electron chi connectivity index (χ1n) is 6.70. The molecule has 0 aromatic rings. The minimum absolute atomic E-state index is 0.0778. The van der Waals surface area contributed by atoms with Crippen LogP contribution in [0.1, 0.15) is 40.0 Å². The van der Waals surface area contributed by atoms with Crippen molar-refractivity contribution in [3.8, 4) is 0 Å². The highest BCUT2D eigenvalue weighted by atomic mass is 16.6. The monoisotopic (exact) mass is 272 g/mol. The molecular weight excluding hydrogens is 248 g/mol. The van der Waals surface area contributed by atoms with Gasteiger partial charge in [0.05, 0.1) is 6.42 Å². The fraction of sp³-hybridized carbons (Fsp3) is 0.846. The van der Waals surface area contributed by atoms with Gasteiger partial charge < -0.3 is 20.5 Å². The number of piperidine rings is 1. The van der Waals surface area contributed by atoms with E-state index in [4.69, 9.17) is 9.84 Å². The maximum absolute atomic E-state index is 11.7. The van der Waals surface area contributed by atoms with Crippen LogP contribution in [0.5, 0.6) is 0 Å². The number of amides is 1. The van der Waals surface area contributed by atoms with Gasteiger partial charge in [0.1, 0.15) is 5.60 Å². The van der Waals surface area contributed by atoms with E-state index in [1.54, 1.807) is 20.8 Å². The van der Waals surface area contributed by atoms with E-state index in [0.717, 1.165) is 25.9 Å². The lowest BCUT2D eigenvalue weighted by Gasteiger charge is -2.31. The Balaban J connectivity index is 2.58. The lowest BCUT2D eigenvalue weighted by atomic mass is 9.90. The van der Waals surface area contributed by atoms with Crippen molar-refractivity contribution in [2.45, 2.75) is 51.7 Å². The summed E-state index contributed by atoms with van der Waals surface area (Å²) in [6.07, 6.45) is 1.28. The topological polar surface area (TPSA) is 87.7 Å². The van der Waals surface area contributed by atoms with Crippen molar-refractivity contribution in [2.24, 2.45) is 5.92 Å². The summed E-state index contributed by atoms with van der Waals surface area (Å²) in [7, 11) is 0. The zero-order valence-corrected chi connectivity index (χ0v) is 11.9. The molecule has 1 rings (SSSR count). The van der Waals surface area contributed by atoms with E-state index in [9.17, 15) is 9.59 Å². The molecule has 1 amide bonds. The predicted octanol–water partition coefficient (Wildman–Crippen LogP) is 1.35. The minimum atomic E-state index is -0.911. The molecule has 2 unspecified atom stereocenters. The average molecular weight is 272 g/mol. The number of aliphatic carboxylic acids is 1. The maximum atomic E-state index is 11.7. The quantitative estimate of drug-likeness (QED) is 0.719. The van der Waals surface area contributed by atoms with Gasteiger partial charge in [-0.05, 0) is 52.6 Å². The number of nitrogens with one attached hydrogen (secondary N) is 2. The zero-order valence-electron chi connectivity index (χ0n) is 11.9. The maximum Gasteiger partial charge on any atom is 0.407 e. The van der Waals surface area contributed by atoms with Crippen molar-refractivity contribution in [2.75, 3.05) is 13.1 Å². The van der Waals surface area contributed by atoms with Crippen LogP contribution in [-0.2, 0) is 9.53 Å². The first-order valence-corrected chi connectivity index (χ1v) is 6.70. The number of ether oxygens (including phenoxy) is 1. The number of hydrogen-bond donors (Lipinski definition) is 3. The molecule has 0 aromatic carbocycles. The second-order valence-electron chi connectivity index (χ2n) is 5.96. The molecule has 6 nitrogen and oxygen atoms in total. The standard InChI is InChI=1S/C13H24N2O4/c1-13(2,3)19-12(18)15-10(7-11(16)17)9-5-4-6-14-8-9/h9-10,14H,4-8H2,1-3H3,(H,15,18)(H,16,17). The fourth-order valence-electron chi connectivity index (χ4n) is 2.20. The molecule has 2 atom stereocenters. The Morgan fingerprint density at radius 2 is 2.16 bits per heavy atom. The van der Waals surface area contributed by atoms with Gasteiger partial charge in [0, 0.05) is 6.04 Å². The van der Waals surface area contributed by atoms with E-state index in [1.165, 1.54) is 0 Å². The number of alkyl carbamates (subject to hydrolysis) is 1. The van der Waals surface area contributed by atoms with Gasteiger partial charge in [-0.3, -0.25) is 4.79 Å². The van der Waals surface area contributed by atoms with E-state index >= 15 is 0 Å². The zero-order chi connectivity index (χ0) is 14.5. The summed E-state index contributed by atoms with van der Waals surface area (Å²) in [5.41, 5.74) is -0.581. The van der Waals surface area contributed by atoms with Crippen molar-refractivity contribution in [3.05, 3.63) is 0 Å². The summed E-state index contributed by atoms with van der Waals surface area (Å²) in [6, 6.07) is -0.389. The largest absolute Gasteiger partial charge is 0.481 e. The highest BCUT2D eigenvalue weighted by Crippen LogP contribution is 2.18. The number of carbonyl (C=O) groups excluding carboxylic acids is 1. The molecule has 1 aliphatic heterocycles. The van der Waals surface area contributed by atoms with Crippen LogP contribution in [-0.4, -0.2) is 41.9 Å². The number of carboxylic acid groups (broad SMARTS) is 1. The van der Waals surface area contributed by atoms with Gasteiger partial charge in [0.15, 0.2) is 0 Å². The first kappa shape index (κ1) is 15.8. The van der Waals surface area contributed by atoms with E-state index in [-0.39, 0.29) is 18.4 Å². The third-order valence-corrected chi connectivity index (χ3v) is 3.00. The molecule has 0 aliphatic carbocycles. The molecule has 0 bridgehead atoms. The van der Waals surface area contributed by atoms with E-state index in [0.29, 0.717) is 0 Å². The summed E-state index contributed by atoms with van der Waals surface area (Å²) < 4.78 is 5.18. The number of carboxylic acids is 1. The smallest absolute Gasteiger partial charge is 0.407 e. The summed E-state index contributed by atoms with van der Waals surface area (Å²) in [5, 5.41) is 14.9. The molecule has 0 aromatic heterocycles. The normalized spacial score (nSPS) is 21.5. The fourth-order valence-corrected chi connectivity index (χ4v) is 2.20. The van der Waals surface area contributed by atoms with Gasteiger partial charge >= 0.3 is 12.1 Å².